The molecule has 1 fully saturated rings. The molecule has 27 heavy (non-hydrogen) atoms. The summed E-state index contributed by atoms with van der Waals surface area (Å²) in [6.45, 7) is 7.58. The largest absolute Gasteiger partial charge is 0.368 e. The molecular formula is C21H26N4O2. The van der Waals surface area contributed by atoms with Gasteiger partial charge in [-0.25, -0.2) is 4.79 Å². The van der Waals surface area contributed by atoms with Crippen LogP contribution in [-0.2, 0) is 0 Å². The van der Waals surface area contributed by atoms with Gasteiger partial charge in [-0.1, -0.05) is 17.7 Å². The van der Waals surface area contributed by atoms with Crippen molar-refractivity contribution >= 4 is 23.3 Å². The van der Waals surface area contributed by atoms with E-state index in [1.807, 2.05) is 67.3 Å². The van der Waals surface area contributed by atoms with E-state index in [0.29, 0.717) is 25.2 Å². The third-order valence-electron chi connectivity index (χ3n) is 4.70. The summed E-state index contributed by atoms with van der Waals surface area (Å²) >= 11 is 0. The number of aryl methyl sites for hydroxylation is 1. The summed E-state index contributed by atoms with van der Waals surface area (Å²) < 4.78 is 0. The standard InChI is InChI=1S/C21H26N4O2/c1-3-22-21(27)25-14-12-24(13-15-25)19-10-8-18(9-11-19)23-20(26)17-6-4-16(2)5-7-17/h4-11H,3,12-15H2,1-2H3,(H,22,27)(H,23,26). The quantitative estimate of drug-likeness (QED) is 0.874. The van der Waals surface area contributed by atoms with E-state index in [0.717, 1.165) is 30.0 Å². The molecular weight excluding hydrogens is 340 g/mol. The minimum atomic E-state index is -0.113. The Labute approximate surface area is 160 Å². The smallest absolute Gasteiger partial charge is 0.317 e. The number of nitrogens with one attached hydrogen (secondary N) is 2. The van der Waals surface area contributed by atoms with Gasteiger partial charge in [-0.15, -0.1) is 0 Å². The van der Waals surface area contributed by atoms with E-state index in [9.17, 15) is 9.59 Å². The topological polar surface area (TPSA) is 64.7 Å². The van der Waals surface area contributed by atoms with Gasteiger partial charge in [0.2, 0.25) is 0 Å². The molecule has 3 rings (SSSR count). The van der Waals surface area contributed by atoms with Crippen LogP contribution in [0.5, 0.6) is 0 Å². The second kappa shape index (κ2) is 8.58. The normalized spacial score (nSPS) is 14.0. The average molecular weight is 366 g/mol. The Bertz CT molecular complexity index is 779. The number of carbonyl (C=O) groups excluding carboxylic acids is 2. The molecule has 2 aromatic rings. The first-order valence-electron chi connectivity index (χ1n) is 9.32. The van der Waals surface area contributed by atoms with Gasteiger partial charge in [-0.2, -0.15) is 0 Å². The molecule has 2 aromatic carbocycles. The highest BCUT2D eigenvalue weighted by atomic mass is 16.2. The molecule has 6 heteroatoms. The van der Waals surface area contributed by atoms with Gasteiger partial charge < -0.3 is 20.4 Å². The maximum atomic E-state index is 12.3. The van der Waals surface area contributed by atoms with Crippen LogP contribution in [0.4, 0.5) is 16.2 Å². The lowest BCUT2D eigenvalue weighted by atomic mass is 10.1. The molecule has 1 aliphatic heterocycles. The predicted octanol–water partition coefficient (Wildman–Crippen LogP) is 3.10. The van der Waals surface area contributed by atoms with Crippen molar-refractivity contribution in [1.82, 2.24) is 10.2 Å². The number of urea groups is 1. The zero-order valence-electron chi connectivity index (χ0n) is 15.9. The van der Waals surface area contributed by atoms with E-state index in [1.165, 1.54) is 0 Å². The third kappa shape index (κ3) is 4.78. The maximum absolute atomic E-state index is 12.3. The monoisotopic (exact) mass is 366 g/mol. The SMILES string of the molecule is CCNC(=O)N1CCN(c2ccc(NC(=O)c3ccc(C)cc3)cc2)CC1. The maximum Gasteiger partial charge on any atom is 0.317 e. The molecule has 0 spiro atoms. The number of piperazine rings is 1. The first-order valence-corrected chi connectivity index (χ1v) is 9.32. The molecule has 0 saturated carbocycles. The van der Waals surface area contributed by atoms with Gasteiger partial charge in [-0.3, -0.25) is 4.79 Å². The summed E-state index contributed by atoms with van der Waals surface area (Å²) in [6.07, 6.45) is 0. The van der Waals surface area contributed by atoms with E-state index >= 15 is 0 Å². The first kappa shape index (κ1) is 18.8. The molecule has 2 N–H and O–H groups in total. The van der Waals surface area contributed by atoms with Crippen molar-refractivity contribution in [2.24, 2.45) is 0 Å². The predicted molar refractivity (Wildman–Crippen MR) is 108 cm³/mol. The Hall–Kier alpha value is -3.02. The number of nitrogens with zero attached hydrogens (tertiary/aromatic N) is 2. The Balaban J connectivity index is 1.55. The van der Waals surface area contributed by atoms with Crippen LogP contribution in [-0.4, -0.2) is 49.6 Å². The van der Waals surface area contributed by atoms with Crippen molar-refractivity contribution in [1.29, 1.82) is 0 Å². The van der Waals surface area contributed by atoms with E-state index < -0.39 is 0 Å². The van der Waals surface area contributed by atoms with Crippen LogP contribution in [0.15, 0.2) is 48.5 Å². The lowest BCUT2D eigenvalue weighted by Crippen LogP contribution is -2.51. The molecule has 1 aliphatic rings. The number of anilines is 2. The van der Waals surface area contributed by atoms with Gasteiger partial charge in [-0.05, 0) is 50.2 Å². The van der Waals surface area contributed by atoms with Crippen molar-refractivity contribution in [3.05, 3.63) is 59.7 Å². The second-order valence-electron chi connectivity index (χ2n) is 6.68. The van der Waals surface area contributed by atoms with E-state index in [4.69, 9.17) is 0 Å². The Kier molecular flexibility index (Phi) is 5.96. The summed E-state index contributed by atoms with van der Waals surface area (Å²) in [5.41, 5.74) is 3.64. The van der Waals surface area contributed by atoms with E-state index in [-0.39, 0.29) is 11.9 Å². The number of amides is 3. The average Bonchev–Trinajstić information content (AvgIpc) is 2.69. The van der Waals surface area contributed by atoms with Crippen LogP contribution < -0.4 is 15.5 Å². The van der Waals surface area contributed by atoms with Crippen LogP contribution >= 0.6 is 0 Å². The van der Waals surface area contributed by atoms with Crippen molar-refractivity contribution in [3.63, 3.8) is 0 Å². The lowest BCUT2D eigenvalue weighted by Gasteiger charge is -2.36. The molecule has 0 unspecified atom stereocenters. The minimum absolute atomic E-state index is 0.00585. The van der Waals surface area contributed by atoms with Gasteiger partial charge in [0.25, 0.3) is 5.91 Å². The van der Waals surface area contributed by atoms with Crippen molar-refractivity contribution in [2.45, 2.75) is 13.8 Å². The summed E-state index contributed by atoms with van der Waals surface area (Å²) in [6, 6.07) is 15.4. The molecule has 0 radical (unpaired) electrons. The molecule has 1 heterocycles. The van der Waals surface area contributed by atoms with Crippen LogP contribution in [0.25, 0.3) is 0 Å². The van der Waals surface area contributed by atoms with Crippen molar-refractivity contribution in [2.75, 3.05) is 42.9 Å². The van der Waals surface area contributed by atoms with Gasteiger partial charge in [0.05, 0.1) is 0 Å². The summed E-state index contributed by atoms with van der Waals surface area (Å²) in [5, 5.41) is 5.77. The Morgan fingerprint density at radius 2 is 1.56 bits per heavy atom. The van der Waals surface area contributed by atoms with Gasteiger partial charge >= 0.3 is 6.03 Å². The van der Waals surface area contributed by atoms with Gasteiger partial charge in [0.1, 0.15) is 0 Å². The minimum Gasteiger partial charge on any atom is -0.368 e. The van der Waals surface area contributed by atoms with Gasteiger partial charge in [0, 0.05) is 49.7 Å². The molecule has 3 amide bonds. The highest BCUT2D eigenvalue weighted by Gasteiger charge is 2.20. The molecule has 1 saturated heterocycles. The summed E-state index contributed by atoms with van der Waals surface area (Å²) in [5.74, 6) is -0.113. The van der Waals surface area contributed by atoms with Gasteiger partial charge in [0.15, 0.2) is 0 Å². The first-order chi connectivity index (χ1) is 13.1. The van der Waals surface area contributed by atoms with Crippen LogP contribution in [0.3, 0.4) is 0 Å². The second-order valence-corrected chi connectivity index (χ2v) is 6.68. The fourth-order valence-electron chi connectivity index (χ4n) is 3.09. The molecule has 0 aliphatic carbocycles. The lowest BCUT2D eigenvalue weighted by molar-refractivity contribution is 0.102. The van der Waals surface area contributed by atoms with E-state index in [1.54, 1.807) is 0 Å². The Morgan fingerprint density at radius 1 is 0.926 bits per heavy atom. The molecule has 0 bridgehead atoms. The highest BCUT2D eigenvalue weighted by molar-refractivity contribution is 6.04. The molecule has 142 valence electrons. The number of hydrogen-bond donors (Lipinski definition) is 2. The third-order valence-corrected chi connectivity index (χ3v) is 4.70. The number of benzene rings is 2. The van der Waals surface area contributed by atoms with Crippen LogP contribution in [0.1, 0.15) is 22.8 Å². The Morgan fingerprint density at radius 3 is 2.15 bits per heavy atom. The highest BCUT2D eigenvalue weighted by Crippen LogP contribution is 2.20. The summed E-state index contributed by atoms with van der Waals surface area (Å²) in [4.78, 5) is 28.3. The summed E-state index contributed by atoms with van der Waals surface area (Å²) in [7, 11) is 0. The zero-order valence-corrected chi connectivity index (χ0v) is 15.9. The van der Waals surface area contributed by atoms with E-state index in [2.05, 4.69) is 15.5 Å². The molecule has 0 aromatic heterocycles. The number of rotatable bonds is 4. The fraction of sp³-hybridized carbons (Fsp3) is 0.333. The van der Waals surface area contributed by atoms with Crippen molar-refractivity contribution in [3.8, 4) is 0 Å². The zero-order chi connectivity index (χ0) is 19.2. The molecule has 0 atom stereocenters. The van der Waals surface area contributed by atoms with Crippen molar-refractivity contribution < 1.29 is 9.59 Å². The van der Waals surface area contributed by atoms with Crippen LogP contribution in [0, 0.1) is 6.92 Å². The van der Waals surface area contributed by atoms with Crippen LogP contribution in [0.2, 0.25) is 0 Å². The number of carbonyl (C=O) groups is 2. The number of hydrogen-bond acceptors (Lipinski definition) is 3. The molecule has 6 nitrogen and oxygen atoms in total. The fourth-order valence-corrected chi connectivity index (χ4v) is 3.09.